The Morgan fingerprint density at radius 2 is 1.83 bits per heavy atom. The number of esters is 1. The smallest absolute Gasteiger partial charge is 0.331 e. The van der Waals surface area contributed by atoms with Crippen LogP contribution in [-0.4, -0.2) is 31.3 Å². The summed E-state index contributed by atoms with van der Waals surface area (Å²) in [6, 6.07) is 13.9. The van der Waals surface area contributed by atoms with E-state index in [4.69, 9.17) is 27.9 Å². The molecule has 1 amide bonds. The van der Waals surface area contributed by atoms with Gasteiger partial charge in [0.1, 0.15) is 0 Å². The molecule has 0 saturated heterocycles. The molecular weight excluding hydrogens is 425 g/mol. The Kier molecular flexibility index (Phi) is 6.64. The van der Waals surface area contributed by atoms with Crippen LogP contribution in [0, 0.1) is 0 Å². The van der Waals surface area contributed by atoms with E-state index in [1.54, 1.807) is 56.4 Å². The molecule has 0 N–H and O–H groups in total. The number of hydrogen-bond donors (Lipinski definition) is 0. The Hall–Kier alpha value is -2.63. The van der Waals surface area contributed by atoms with Gasteiger partial charge in [0.15, 0.2) is 5.78 Å². The minimum Gasteiger partial charge on any atom is -0.463 e. The topological polar surface area (TPSA) is 63.7 Å². The van der Waals surface area contributed by atoms with Crippen LogP contribution in [0.5, 0.6) is 0 Å². The predicted molar refractivity (Wildman–Crippen MR) is 117 cm³/mol. The van der Waals surface area contributed by atoms with E-state index in [1.807, 2.05) is 6.07 Å². The van der Waals surface area contributed by atoms with Crippen molar-refractivity contribution >= 4 is 46.5 Å². The second-order valence-corrected chi connectivity index (χ2v) is 8.02. The first kappa shape index (κ1) is 22.1. The average Bonchev–Trinajstić information content (AvgIpc) is 2.90. The summed E-state index contributed by atoms with van der Waals surface area (Å²) in [7, 11) is 1.65. The van der Waals surface area contributed by atoms with Gasteiger partial charge in [0.05, 0.1) is 12.0 Å². The third-order valence-corrected chi connectivity index (χ3v) is 5.62. The summed E-state index contributed by atoms with van der Waals surface area (Å²) in [5.74, 6) is -1.08. The fourth-order valence-electron chi connectivity index (χ4n) is 3.79. The maximum atomic E-state index is 13.4. The van der Waals surface area contributed by atoms with Crippen LogP contribution < -0.4 is 4.90 Å². The summed E-state index contributed by atoms with van der Waals surface area (Å²) in [5, 5.41) is 0.572. The molecule has 7 heteroatoms. The van der Waals surface area contributed by atoms with Crippen molar-refractivity contribution in [3.63, 3.8) is 0 Å². The Balaban J connectivity index is 2.08. The van der Waals surface area contributed by atoms with Gasteiger partial charge in [-0.1, -0.05) is 53.5 Å². The zero-order chi connectivity index (χ0) is 21.9. The number of anilines is 1. The van der Waals surface area contributed by atoms with E-state index in [0.717, 1.165) is 6.08 Å². The van der Waals surface area contributed by atoms with E-state index >= 15 is 0 Å². The van der Waals surface area contributed by atoms with Gasteiger partial charge in [0.25, 0.3) is 0 Å². The Bertz CT molecular complexity index is 1020. The minimum absolute atomic E-state index is 0.0253. The molecule has 3 rings (SSSR count). The molecule has 1 heterocycles. The highest BCUT2D eigenvalue weighted by molar-refractivity contribution is 6.32. The van der Waals surface area contributed by atoms with Crippen LogP contribution in [0.2, 0.25) is 5.02 Å². The number of amides is 1. The Morgan fingerprint density at radius 3 is 2.50 bits per heavy atom. The molecule has 0 aromatic heterocycles. The van der Waals surface area contributed by atoms with E-state index in [-0.39, 0.29) is 36.2 Å². The first-order chi connectivity index (χ1) is 14.3. The number of ketones is 1. The van der Waals surface area contributed by atoms with Gasteiger partial charge in [-0.25, -0.2) is 4.79 Å². The number of carbonyl (C=O) groups is 3. The van der Waals surface area contributed by atoms with Crippen molar-refractivity contribution in [3.8, 4) is 0 Å². The summed E-state index contributed by atoms with van der Waals surface area (Å²) in [6.45, 7) is 1.89. The molecule has 0 aliphatic carbocycles. The maximum absolute atomic E-state index is 13.4. The van der Waals surface area contributed by atoms with Crippen LogP contribution in [0.3, 0.4) is 0 Å². The number of fused-ring (bicyclic) bond motifs is 1. The molecule has 0 radical (unpaired) electrons. The highest BCUT2D eigenvalue weighted by Gasteiger charge is 2.51. The lowest BCUT2D eigenvalue weighted by molar-refractivity contribution is -0.137. The van der Waals surface area contributed by atoms with Gasteiger partial charge in [-0.05, 0) is 30.7 Å². The van der Waals surface area contributed by atoms with Gasteiger partial charge >= 0.3 is 5.97 Å². The lowest BCUT2D eigenvalue weighted by Crippen LogP contribution is -2.40. The molecule has 5 nitrogen and oxygen atoms in total. The second kappa shape index (κ2) is 9.02. The largest absolute Gasteiger partial charge is 0.463 e. The third kappa shape index (κ3) is 4.27. The van der Waals surface area contributed by atoms with Gasteiger partial charge in [0, 0.05) is 47.3 Å². The number of allylic oxidation sites excluding steroid dienone is 1. The summed E-state index contributed by atoms with van der Waals surface area (Å²) < 4.78 is 4.91. The van der Waals surface area contributed by atoms with Crippen LogP contribution in [0.15, 0.2) is 59.6 Å². The van der Waals surface area contributed by atoms with Crippen LogP contribution in [-0.2, 0) is 19.7 Å². The number of carbonyl (C=O) groups excluding carboxylic acids is 3. The van der Waals surface area contributed by atoms with Crippen molar-refractivity contribution in [3.05, 3.63) is 75.8 Å². The van der Waals surface area contributed by atoms with Crippen molar-refractivity contribution in [1.29, 1.82) is 0 Å². The fraction of sp³-hybridized carbons (Fsp3) is 0.261. The number of likely N-dealkylation sites (N-methyl/N-ethyl adjacent to an activating group) is 1. The van der Waals surface area contributed by atoms with Crippen molar-refractivity contribution in [2.45, 2.75) is 25.2 Å². The van der Waals surface area contributed by atoms with Crippen LogP contribution in [0.25, 0.3) is 0 Å². The summed E-state index contributed by atoms with van der Waals surface area (Å²) in [4.78, 5) is 39.9. The summed E-state index contributed by atoms with van der Waals surface area (Å²) in [5.41, 5.74) is 0.489. The Morgan fingerprint density at radius 1 is 1.13 bits per heavy atom. The van der Waals surface area contributed by atoms with E-state index in [2.05, 4.69) is 0 Å². The standard InChI is InChI=1S/C23H21Cl2NO4/c1-3-30-21(28)12-17(25)13-23(14-20(27)15-7-5-4-6-8-15)18-11-16(24)9-10-19(18)26(2)22(23)29/h4-12H,3,13-14H2,1-2H3/b17-12+/t23-/m0/s1. The van der Waals surface area contributed by atoms with E-state index < -0.39 is 11.4 Å². The van der Waals surface area contributed by atoms with E-state index in [0.29, 0.717) is 21.8 Å². The SMILES string of the molecule is CCOC(=O)/C=C(/Cl)C[C@@]1(CC(=O)c2ccccc2)C(=O)N(C)c2ccc(Cl)cc21. The molecule has 1 aliphatic heterocycles. The number of hydrogen-bond acceptors (Lipinski definition) is 4. The van der Waals surface area contributed by atoms with Gasteiger partial charge in [-0.15, -0.1) is 0 Å². The third-order valence-electron chi connectivity index (χ3n) is 5.14. The van der Waals surface area contributed by atoms with Crippen molar-refractivity contribution in [2.75, 3.05) is 18.6 Å². The maximum Gasteiger partial charge on any atom is 0.331 e. The molecule has 156 valence electrons. The highest BCUT2D eigenvalue weighted by Crippen LogP contribution is 2.49. The zero-order valence-corrected chi connectivity index (χ0v) is 18.2. The molecule has 2 aromatic carbocycles. The van der Waals surface area contributed by atoms with Gasteiger partial charge in [-0.3, -0.25) is 9.59 Å². The number of Topliss-reactive ketones (excluding diaryl/α,β-unsaturated/α-hetero) is 1. The molecule has 0 spiro atoms. The quantitative estimate of drug-likeness (QED) is 0.345. The van der Waals surface area contributed by atoms with Gasteiger partial charge in [-0.2, -0.15) is 0 Å². The summed E-state index contributed by atoms with van der Waals surface area (Å²) in [6.07, 6.45) is 1.01. The normalized spacial score (nSPS) is 18.3. The zero-order valence-electron chi connectivity index (χ0n) is 16.7. The molecule has 1 atom stereocenters. The van der Waals surface area contributed by atoms with E-state index in [1.165, 1.54) is 4.90 Å². The number of rotatable bonds is 7. The number of benzene rings is 2. The minimum atomic E-state index is -1.28. The average molecular weight is 446 g/mol. The first-order valence-corrected chi connectivity index (χ1v) is 10.2. The van der Waals surface area contributed by atoms with Gasteiger partial charge in [0.2, 0.25) is 5.91 Å². The van der Waals surface area contributed by atoms with Crippen LogP contribution in [0.4, 0.5) is 5.69 Å². The van der Waals surface area contributed by atoms with Crippen molar-refractivity contribution in [1.82, 2.24) is 0 Å². The van der Waals surface area contributed by atoms with Crippen molar-refractivity contribution < 1.29 is 19.1 Å². The molecular formula is C23H21Cl2NO4. The lowest BCUT2D eigenvalue weighted by Gasteiger charge is -2.27. The van der Waals surface area contributed by atoms with E-state index in [9.17, 15) is 14.4 Å². The highest BCUT2D eigenvalue weighted by atomic mass is 35.5. The molecule has 0 bridgehead atoms. The first-order valence-electron chi connectivity index (χ1n) is 9.47. The van der Waals surface area contributed by atoms with Crippen molar-refractivity contribution in [2.24, 2.45) is 0 Å². The molecule has 30 heavy (non-hydrogen) atoms. The molecule has 2 aromatic rings. The fourth-order valence-corrected chi connectivity index (χ4v) is 4.27. The summed E-state index contributed by atoms with van der Waals surface area (Å²) >= 11 is 12.6. The second-order valence-electron chi connectivity index (χ2n) is 7.09. The predicted octanol–water partition coefficient (Wildman–Crippen LogP) is 4.90. The number of nitrogens with zero attached hydrogens (tertiary/aromatic N) is 1. The molecule has 1 aliphatic rings. The lowest BCUT2D eigenvalue weighted by atomic mass is 9.73. The molecule has 0 saturated carbocycles. The molecule has 0 fully saturated rings. The van der Waals surface area contributed by atoms with Gasteiger partial charge < -0.3 is 9.64 Å². The number of ether oxygens (including phenoxy) is 1. The Labute approximate surface area is 185 Å². The number of halogens is 2. The van der Waals surface area contributed by atoms with Crippen LogP contribution in [0.1, 0.15) is 35.7 Å². The molecule has 0 unspecified atom stereocenters. The monoisotopic (exact) mass is 445 g/mol. The van der Waals surface area contributed by atoms with Crippen LogP contribution >= 0.6 is 23.2 Å².